The number of aromatic nitrogens is 1. The van der Waals surface area contributed by atoms with Crippen LogP contribution in [0.15, 0.2) is 40.0 Å². The summed E-state index contributed by atoms with van der Waals surface area (Å²) in [7, 11) is -0.841. The van der Waals surface area contributed by atoms with Crippen LogP contribution in [0.2, 0.25) is 0 Å². The second-order valence-corrected chi connectivity index (χ2v) is 9.08. The van der Waals surface area contributed by atoms with Gasteiger partial charge >= 0.3 is 0 Å². The van der Waals surface area contributed by atoms with Gasteiger partial charge in [-0.15, -0.1) is 18.5 Å². The maximum atomic E-state index is 12.6. The molecule has 2 heterocycles. The molecule has 0 radical (unpaired) electrons. The molecule has 2 rings (SSSR count). The van der Waals surface area contributed by atoms with E-state index in [9.17, 15) is 4.21 Å². The number of rotatable bonds is 3. The van der Waals surface area contributed by atoms with Gasteiger partial charge in [0.15, 0.2) is 0 Å². The Hall–Kier alpha value is -2.17. The molecule has 1 aliphatic heterocycles. The molecular weight excluding hydrogens is 364 g/mol. The fourth-order valence-electron chi connectivity index (χ4n) is 2.56. The highest BCUT2D eigenvalue weighted by Gasteiger charge is 2.27. The fraction of sp³-hybridized carbons (Fsp3) is 0.316. The standard InChI is InChI=1S/C19H24N4OS2/c1-6-7-15-9-16(11-21-10-15)13(2)8-14(3)18(25)17-12-26(5,24)23(4)19(20)22-17/h8-11,17,25H,5,12H2,1-4H3,(H2,20,22)/b13-8+,18-14-. The van der Waals surface area contributed by atoms with Crippen LogP contribution in [0.4, 0.5) is 0 Å². The SMILES string of the molecule is C=S1(=O)CC(/C(S)=C(C)/C=C(\C)c2cncc(C#CC)c2)N=C(N)N1C. The Morgan fingerprint density at radius 3 is 2.81 bits per heavy atom. The molecular formula is C19H24N4OS2. The van der Waals surface area contributed by atoms with E-state index < -0.39 is 9.71 Å². The molecule has 2 N–H and O–H groups in total. The third kappa shape index (κ3) is 4.51. The molecule has 0 saturated heterocycles. The monoisotopic (exact) mass is 388 g/mol. The van der Waals surface area contributed by atoms with Crippen molar-refractivity contribution in [2.45, 2.75) is 26.8 Å². The van der Waals surface area contributed by atoms with Gasteiger partial charge < -0.3 is 5.73 Å². The molecule has 0 aromatic carbocycles. The summed E-state index contributed by atoms with van der Waals surface area (Å²) in [5.74, 6) is 10.2. The van der Waals surface area contributed by atoms with E-state index in [4.69, 9.17) is 5.73 Å². The smallest absolute Gasteiger partial charge is 0.203 e. The van der Waals surface area contributed by atoms with E-state index in [1.165, 1.54) is 4.31 Å². The van der Waals surface area contributed by atoms with Crippen molar-refractivity contribution >= 4 is 39.7 Å². The average Bonchev–Trinajstić information content (AvgIpc) is 2.59. The van der Waals surface area contributed by atoms with Gasteiger partial charge in [0.05, 0.1) is 21.5 Å². The minimum absolute atomic E-state index is 0.219. The number of guanidine groups is 1. The van der Waals surface area contributed by atoms with Gasteiger partial charge in [-0.3, -0.25) is 9.29 Å². The van der Waals surface area contributed by atoms with Gasteiger partial charge in [0, 0.05) is 29.9 Å². The minimum atomic E-state index is -2.48. The van der Waals surface area contributed by atoms with Crippen LogP contribution in [0.1, 0.15) is 31.9 Å². The summed E-state index contributed by atoms with van der Waals surface area (Å²) in [4.78, 5) is 9.37. The van der Waals surface area contributed by atoms with Crippen molar-refractivity contribution in [1.29, 1.82) is 0 Å². The molecule has 0 saturated carbocycles. The molecule has 1 aromatic heterocycles. The third-order valence-corrected chi connectivity index (χ3v) is 6.82. The molecule has 138 valence electrons. The molecule has 0 aliphatic carbocycles. The van der Waals surface area contributed by atoms with Crippen molar-refractivity contribution < 1.29 is 4.21 Å². The molecule has 2 unspecified atom stereocenters. The summed E-state index contributed by atoms with van der Waals surface area (Å²) in [5, 5.41) is 0. The summed E-state index contributed by atoms with van der Waals surface area (Å²) < 4.78 is 14.0. The Labute approximate surface area is 161 Å². The molecule has 5 nitrogen and oxygen atoms in total. The zero-order valence-corrected chi connectivity index (χ0v) is 17.2. The zero-order valence-electron chi connectivity index (χ0n) is 15.5. The normalized spacial score (nSPS) is 24.3. The first-order valence-electron chi connectivity index (χ1n) is 8.04. The van der Waals surface area contributed by atoms with E-state index in [-0.39, 0.29) is 17.8 Å². The summed E-state index contributed by atoms with van der Waals surface area (Å²) in [5.41, 5.74) is 9.70. The highest BCUT2D eigenvalue weighted by atomic mass is 32.2. The second kappa shape index (κ2) is 8.02. The van der Waals surface area contributed by atoms with Crippen LogP contribution in [0.25, 0.3) is 5.57 Å². The van der Waals surface area contributed by atoms with Gasteiger partial charge in [-0.1, -0.05) is 12.0 Å². The van der Waals surface area contributed by atoms with E-state index in [2.05, 4.69) is 40.3 Å². The highest BCUT2D eigenvalue weighted by Crippen LogP contribution is 2.25. The maximum Gasteiger partial charge on any atom is 0.203 e. The van der Waals surface area contributed by atoms with Crippen molar-refractivity contribution in [2.24, 2.45) is 10.7 Å². The van der Waals surface area contributed by atoms with Gasteiger partial charge in [0.1, 0.15) is 0 Å². The maximum absolute atomic E-state index is 12.6. The van der Waals surface area contributed by atoms with Gasteiger partial charge in [-0.2, -0.15) is 0 Å². The number of nitrogens with two attached hydrogens (primary N) is 1. The Bertz CT molecular complexity index is 963. The average molecular weight is 389 g/mol. The molecule has 7 heteroatoms. The molecule has 1 aliphatic rings. The fourth-order valence-corrected chi connectivity index (χ4v) is 4.24. The van der Waals surface area contributed by atoms with Crippen molar-refractivity contribution in [1.82, 2.24) is 9.29 Å². The lowest BCUT2D eigenvalue weighted by Gasteiger charge is -2.31. The van der Waals surface area contributed by atoms with Crippen LogP contribution in [-0.2, 0) is 9.71 Å². The molecule has 0 fully saturated rings. The van der Waals surface area contributed by atoms with E-state index >= 15 is 0 Å². The van der Waals surface area contributed by atoms with Crippen LogP contribution in [0.5, 0.6) is 0 Å². The number of nitrogens with zero attached hydrogens (tertiary/aromatic N) is 3. The largest absolute Gasteiger partial charge is 0.369 e. The topological polar surface area (TPSA) is 71.6 Å². The first-order valence-corrected chi connectivity index (χ1v) is 10.3. The Balaban J connectivity index is 2.37. The lowest BCUT2D eigenvalue weighted by Crippen LogP contribution is -2.47. The quantitative estimate of drug-likeness (QED) is 0.361. The number of pyridine rings is 1. The van der Waals surface area contributed by atoms with Crippen LogP contribution in [0.3, 0.4) is 0 Å². The van der Waals surface area contributed by atoms with E-state index in [1.807, 2.05) is 26.0 Å². The number of thiol groups is 1. The van der Waals surface area contributed by atoms with Crippen molar-refractivity contribution in [3.05, 3.63) is 46.1 Å². The predicted molar refractivity (Wildman–Crippen MR) is 115 cm³/mol. The third-order valence-electron chi connectivity index (χ3n) is 4.14. The van der Waals surface area contributed by atoms with Crippen molar-refractivity contribution in [3.63, 3.8) is 0 Å². The molecule has 2 atom stereocenters. The summed E-state index contributed by atoms with van der Waals surface area (Å²) in [6, 6.07) is 1.63. The lowest BCUT2D eigenvalue weighted by atomic mass is 10.0. The summed E-state index contributed by atoms with van der Waals surface area (Å²) in [6.07, 6.45) is 5.55. The van der Waals surface area contributed by atoms with Crippen LogP contribution >= 0.6 is 12.6 Å². The number of aliphatic imine (C=N–C) groups is 1. The van der Waals surface area contributed by atoms with E-state index in [0.29, 0.717) is 0 Å². The Morgan fingerprint density at radius 2 is 2.19 bits per heavy atom. The highest BCUT2D eigenvalue weighted by molar-refractivity contribution is 7.98. The first kappa shape index (κ1) is 20.1. The van der Waals surface area contributed by atoms with Gasteiger partial charge in [0.25, 0.3) is 0 Å². The zero-order chi connectivity index (χ0) is 19.5. The van der Waals surface area contributed by atoms with Gasteiger partial charge in [-0.25, -0.2) is 9.20 Å². The Morgan fingerprint density at radius 1 is 1.50 bits per heavy atom. The molecule has 0 spiro atoms. The van der Waals surface area contributed by atoms with Crippen molar-refractivity contribution in [2.75, 3.05) is 12.8 Å². The first-order chi connectivity index (χ1) is 12.2. The summed E-state index contributed by atoms with van der Waals surface area (Å²) >= 11 is 4.62. The number of hydrogen-bond donors (Lipinski definition) is 2. The van der Waals surface area contributed by atoms with Gasteiger partial charge in [0.2, 0.25) is 5.96 Å². The minimum Gasteiger partial charge on any atom is -0.369 e. The van der Waals surface area contributed by atoms with Crippen LogP contribution < -0.4 is 5.73 Å². The van der Waals surface area contributed by atoms with E-state index in [0.717, 1.165) is 27.2 Å². The van der Waals surface area contributed by atoms with E-state index in [1.54, 1.807) is 26.4 Å². The Kier molecular flexibility index (Phi) is 6.21. The second-order valence-electron chi connectivity index (χ2n) is 6.17. The molecule has 0 amide bonds. The predicted octanol–water partition coefficient (Wildman–Crippen LogP) is 2.32. The van der Waals surface area contributed by atoms with Crippen LogP contribution in [0, 0.1) is 11.8 Å². The lowest BCUT2D eigenvalue weighted by molar-refractivity contribution is 0.622. The summed E-state index contributed by atoms with van der Waals surface area (Å²) in [6.45, 7) is 5.75. The van der Waals surface area contributed by atoms with Crippen LogP contribution in [-0.4, -0.2) is 44.2 Å². The van der Waals surface area contributed by atoms with Gasteiger partial charge in [-0.05, 0) is 49.4 Å². The number of allylic oxidation sites excluding steroid dienone is 3. The molecule has 26 heavy (non-hydrogen) atoms. The number of hydrogen-bond acceptors (Lipinski definition) is 5. The molecule has 1 aromatic rings. The molecule has 0 bridgehead atoms. The van der Waals surface area contributed by atoms with Crippen molar-refractivity contribution in [3.8, 4) is 11.8 Å².